The minimum absolute atomic E-state index is 0. The van der Waals surface area contributed by atoms with Gasteiger partial charge in [0.25, 0.3) is 0 Å². The molecule has 2 saturated heterocycles. The lowest BCUT2D eigenvalue weighted by molar-refractivity contribution is -0.140. The van der Waals surface area contributed by atoms with Gasteiger partial charge < -0.3 is 19.9 Å². The van der Waals surface area contributed by atoms with E-state index < -0.39 is 0 Å². The van der Waals surface area contributed by atoms with Gasteiger partial charge in [0.1, 0.15) is 5.82 Å². The van der Waals surface area contributed by atoms with Gasteiger partial charge in [0, 0.05) is 50.7 Å². The van der Waals surface area contributed by atoms with Crippen molar-refractivity contribution in [2.75, 3.05) is 53.0 Å². The molecule has 2 aliphatic rings. The Morgan fingerprint density at radius 2 is 1.93 bits per heavy atom. The number of rotatable bonds is 4. The van der Waals surface area contributed by atoms with Crippen LogP contribution < -0.4 is 5.32 Å². The average molecular weight is 539 g/mol. The summed E-state index contributed by atoms with van der Waals surface area (Å²) in [7, 11) is 1.76. The smallest absolute Gasteiger partial charge is 0.225 e. The largest absolute Gasteiger partial charge is 0.378 e. The SMILES string of the molecule is CN=C(NCCc1ccc(F)cc1Cl)N1CCC(C(=O)N2CCOCC2)CC1.I. The number of aliphatic imine (C=N–C) groups is 1. The first-order chi connectivity index (χ1) is 13.6. The molecule has 0 bridgehead atoms. The molecule has 6 nitrogen and oxygen atoms in total. The summed E-state index contributed by atoms with van der Waals surface area (Å²) in [6, 6.07) is 4.47. The van der Waals surface area contributed by atoms with Crippen LogP contribution in [-0.2, 0) is 16.0 Å². The van der Waals surface area contributed by atoms with Crippen molar-refractivity contribution in [3.05, 3.63) is 34.6 Å². The van der Waals surface area contributed by atoms with Crippen LogP contribution in [0.3, 0.4) is 0 Å². The predicted molar refractivity (Wildman–Crippen MR) is 124 cm³/mol. The molecule has 0 aliphatic carbocycles. The number of amides is 1. The molecule has 0 radical (unpaired) electrons. The van der Waals surface area contributed by atoms with E-state index in [2.05, 4.69) is 15.2 Å². The number of morpholine rings is 1. The van der Waals surface area contributed by atoms with Gasteiger partial charge in [-0.1, -0.05) is 17.7 Å². The van der Waals surface area contributed by atoms with Crippen LogP contribution >= 0.6 is 35.6 Å². The van der Waals surface area contributed by atoms with Crippen LogP contribution in [0.15, 0.2) is 23.2 Å². The van der Waals surface area contributed by atoms with Crippen molar-refractivity contribution in [3.63, 3.8) is 0 Å². The standard InChI is InChI=1S/C20H28ClFN4O2.HI/c1-23-20(24-7-4-15-2-3-17(22)14-18(15)21)26-8-5-16(6-9-26)19(27)25-10-12-28-13-11-25;/h2-3,14,16H,4-13H2,1H3,(H,23,24);1H. The minimum Gasteiger partial charge on any atom is -0.378 e. The maximum Gasteiger partial charge on any atom is 0.225 e. The monoisotopic (exact) mass is 538 g/mol. The van der Waals surface area contributed by atoms with Crippen LogP contribution in [0.2, 0.25) is 5.02 Å². The number of hydrogen-bond acceptors (Lipinski definition) is 3. The van der Waals surface area contributed by atoms with E-state index in [1.54, 1.807) is 13.1 Å². The molecule has 0 aromatic heterocycles. The second kappa shape index (κ2) is 11.9. The molecule has 1 aromatic rings. The van der Waals surface area contributed by atoms with Gasteiger partial charge in [0.15, 0.2) is 5.96 Å². The number of piperidine rings is 1. The summed E-state index contributed by atoms with van der Waals surface area (Å²) in [5, 5.41) is 3.79. The van der Waals surface area contributed by atoms with Crippen LogP contribution in [-0.4, -0.2) is 74.7 Å². The van der Waals surface area contributed by atoms with Crippen molar-refractivity contribution in [2.45, 2.75) is 19.3 Å². The van der Waals surface area contributed by atoms with Crippen LogP contribution in [0, 0.1) is 11.7 Å². The number of likely N-dealkylation sites (tertiary alicyclic amines) is 1. The van der Waals surface area contributed by atoms with E-state index in [0.29, 0.717) is 44.3 Å². The first-order valence-corrected chi connectivity index (χ1v) is 10.2. The lowest BCUT2D eigenvalue weighted by Gasteiger charge is -2.36. The molecule has 29 heavy (non-hydrogen) atoms. The Balaban J connectivity index is 0.00000300. The Bertz CT molecular complexity index is 708. The molecule has 0 atom stereocenters. The minimum atomic E-state index is -0.327. The molecule has 162 valence electrons. The van der Waals surface area contributed by atoms with Crippen LogP contribution in [0.5, 0.6) is 0 Å². The summed E-state index contributed by atoms with van der Waals surface area (Å²) >= 11 is 6.08. The van der Waals surface area contributed by atoms with Gasteiger partial charge in [-0.3, -0.25) is 9.79 Å². The molecular formula is C20H29ClFIN4O2. The maximum absolute atomic E-state index is 13.1. The Labute approximate surface area is 193 Å². The van der Waals surface area contributed by atoms with E-state index in [-0.39, 0.29) is 41.6 Å². The first kappa shape index (κ1) is 24.1. The summed E-state index contributed by atoms with van der Waals surface area (Å²) in [4.78, 5) is 21.1. The fourth-order valence-corrected chi connectivity index (χ4v) is 4.01. The molecule has 1 aromatic carbocycles. The van der Waals surface area contributed by atoms with Crippen molar-refractivity contribution >= 4 is 47.4 Å². The summed E-state index contributed by atoms with van der Waals surface area (Å²) in [5.41, 5.74) is 0.904. The van der Waals surface area contributed by atoms with Gasteiger partial charge in [-0.05, 0) is 37.0 Å². The number of carbonyl (C=O) groups excluding carboxylic acids is 1. The van der Waals surface area contributed by atoms with E-state index in [4.69, 9.17) is 16.3 Å². The number of benzene rings is 1. The topological polar surface area (TPSA) is 57.2 Å². The maximum atomic E-state index is 13.1. The second-order valence-corrected chi connectivity index (χ2v) is 7.57. The lowest BCUT2D eigenvalue weighted by Crippen LogP contribution is -2.50. The molecule has 2 heterocycles. The zero-order valence-corrected chi connectivity index (χ0v) is 19.8. The Kier molecular flexibility index (Phi) is 9.91. The normalized spacial score (nSPS) is 18.4. The van der Waals surface area contributed by atoms with E-state index in [1.165, 1.54) is 12.1 Å². The molecule has 9 heteroatoms. The van der Waals surface area contributed by atoms with E-state index in [9.17, 15) is 9.18 Å². The fraction of sp³-hybridized carbons (Fsp3) is 0.600. The van der Waals surface area contributed by atoms with E-state index in [0.717, 1.165) is 37.5 Å². The Morgan fingerprint density at radius 1 is 1.24 bits per heavy atom. The van der Waals surface area contributed by atoms with Crippen molar-refractivity contribution in [1.29, 1.82) is 0 Å². The summed E-state index contributed by atoms with van der Waals surface area (Å²) < 4.78 is 18.5. The van der Waals surface area contributed by atoms with Crippen molar-refractivity contribution in [1.82, 2.24) is 15.1 Å². The molecule has 0 unspecified atom stereocenters. The number of nitrogens with zero attached hydrogens (tertiary/aromatic N) is 3. The molecule has 1 N–H and O–H groups in total. The van der Waals surface area contributed by atoms with Crippen molar-refractivity contribution in [3.8, 4) is 0 Å². The van der Waals surface area contributed by atoms with Crippen LogP contribution in [0.1, 0.15) is 18.4 Å². The second-order valence-electron chi connectivity index (χ2n) is 7.16. The zero-order valence-electron chi connectivity index (χ0n) is 16.7. The molecule has 2 aliphatic heterocycles. The molecule has 2 fully saturated rings. The number of nitrogens with one attached hydrogen (secondary N) is 1. The van der Waals surface area contributed by atoms with Crippen molar-refractivity contribution in [2.24, 2.45) is 10.9 Å². The predicted octanol–water partition coefficient (Wildman–Crippen LogP) is 2.79. The third-order valence-electron chi connectivity index (χ3n) is 5.37. The van der Waals surface area contributed by atoms with Gasteiger partial charge in [-0.2, -0.15) is 0 Å². The highest BCUT2D eigenvalue weighted by molar-refractivity contribution is 14.0. The van der Waals surface area contributed by atoms with Gasteiger partial charge in [0.2, 0.25) is 5.91 Å². The Morgan fingerprint density at radius 3 is 2.55 bits per heavy atom. The molecule has 0 spiro atoms. The summed E-state index contributed by atoms with van der Waals surface area (Å²) in [5.74, 6) is 0.852. The quantitative estimate of drug-likeness (QED) is 0.364. The van der Waals surface area contributed by atoms with Crippen LogP contribution in [0.25, 0.3) is 0 Å². The number of carbonyl (C=O) groups is 1. The van der Waals surface area contributed by atoms with Crippen LogP contribution in [0.4, 0.5) is 4.39 Å². The number of halogens is 3. The molecular weight excluding hydrogens is 510 g/mol. The molecule has 3 rings (SSSR count). The lowest BCUT2D eigenvalue weighted by atomic mass is 9.95. The van der Waals surface area contributed by atoms with Gasteiger partial charge >= 0.3 is 0 Å². The Hall–Kier alpha value is -1.13. The number of ether oxygens (including phenoxy) is 1. The first-order valence-electron chi connectivity index (χ1n) is 9.84. The van der Waals surface area contributed by atoms with E-state index in [1.807, 2.05) is 4.90 Å². The fourth-order valence-electron chi connectivity index (χ4n) is 3.75. The van der Waals surface area contributed by atoms with Gasteiger partial charge in [0.05, 0.1) is 13.2 Å². The third kappa shape index (κ3) is 6.68. The highest BCUT2D eigenvalue weighted by Gasteiger charge is 2.30. The zero-order chi connectivity index (χ0) is 19.9. The number of guanidine groups is 1. The average Bonchev–Trinajstić information content (AvgIpc) is 2.73. The molecule has 1 amide bonds. The molecule has 0 saturated carbocycles. The summed E-state index contributed by atoms with van der Waals surface area (Å²) in [6.45, 7) is 4.95. The van der Waals surface area contributed by atoms with Crippen molar-refractivity contribution < 1.29 is 13.9 Å². The number of hydrogen-bond donors (Lipinski definition) is 1. The van der Waals surface area contributed by atoms with Gasteiger partial charge in [-0.15, -0.1) is 24.0 Å². The summed E-state index contributed by atoms with van der Waals surface area (Å²) in [6.07, 6.45) is 2.35. The highest BCUT2D eigenvalue weighted by atomic mass is 127. The highest BCUT2D eigenvalue weighted by Crippen LogP contribution is 2.21. The third-order valence-corrected chi connectivity index (χ3v) is 5.72. The van der Waals surface area contributed by atoms with Gasteiger partial charge in [-0.25, -0.2) is 4.39 Å². The van der Waals surface area contributed by atoms with E-state index >= 15 is 0 Å².